The number of amides is 4. The molecule has 1 heterocycles. The largest absolute Gasteiger partial charge is 0.335 e. The lowest BCUT2D eigenvalue weighted by Crippen LogP contribution is -2.58. The van der Waals surface area contributed by atoms with Gasteiger partial charge in [-0.25, -0.2) is 14.1 Å². The second kappa shape index (κ2) is 6.64. The van der Waals surface area contributed by atoms with Crippen molar-refractivity contribution in [3.05, 3.63) is 59.9 Å². The molecule has 0 bridgehead atoms. The second-order valence-electron chi connectivity index (χ2n) is 5.46. The van der Waals surface area contributed by atoms with Gasteiger partial charge in [0.2, 0.25) is 5.91 Å². The first kappa shape index (κ1) is 16.5. The number of benzene rings is 2. The lowest BCUT2D eigenvalue weighted by atomic mass is 10.1. The minimum absolute atomic E-state index is 0.216. The Morgan fingerprint density at radius 1 is 1.08 bits per heavy atom. The van der Waals surface area contributed by atoms with Crippen molar-refractivity contribution in [3.63, 3.8) is 0 Å². The van der Waals surface area contributed by atoms with Crippen LogP contribution in [0.2, 0.25) is 0 Å². The number of para-hydroxylation sites is 2. The first-order valence-electron chi connectivity index (χ1n) is 7.52. The first-order chi connectivity index (χ1) is 12.0. The highest BCUT2D eigenvalue weighted by Crippen LogP contribution is 2.24. The third-order valence-corrected chi connectivity index (χ3v) is 3.77. The SMILES string of the molecule is Cc1ccccc1N=C[C@H]1C(=O)NC(=O)N(c2ccccc2F)C1=O. The van der Waals surface area contributed by atoms with Gasteiger partial charge in [-0.1, -0.05) is 30.3 Å². The van der Waals surface area contributed by atoms with E-state index in [2.05, 4.69) is 10.3 Å². The Kier molecular flexibility index (Phi) is 4.38. The monoisotopic (exact) mass is 339 g/mol. The van der Waals surface area contributed by atoms with Gasteiger partial charge in [-0.3, -0.25) is 19.9 Å². The number of nitrogens with zero attached hydrogens (tertiary/aromatic N) is 2. The Morgan fingerprint density at radius 3 is 2.48 bits per heavy atom. The molecule has 0 spiro atoms. The summed E-state index contributed by atoms with van der Waals surface area (Å²) in [5.74, 6) is -3.71. The molecule has 0 aliphatic carbocycles. The number of carbonyl (C=O) groups is 3. The number of hydrogen-bond acceptors (Lipinski definition) is 4. The lowest BCUT2D eigenvalue weighted by Gasteiger charge is -2.28. The highest BCUT2D eigenvalue weighted by molar-refractivity contribution is 6.32. The van der Waals surface area contributed by atoms with Gasteiger partial charge in [0.05, 0.1) is 11.4 Å². The van der Waals surface area contributed by atoms with E-state index in [1.165, 1.54) is 24.4 Å². The van der Waals surface area contributed by atoms with Crippen LogP contribution in [-0.4, -0.2) is 24.1 Å². The topological polar surface area (TPSA) is 78.8 Å². The molecule has 0 saturated carbocycles. The third kappa shape index (κ3) is 3.16. The number of urea groups is 1. The van der Waals surface area contributed by atoms with E-state index in [4.69, 9.17) is 0 Å². The Labute approximate surface area is 143 Å². The number of imide groups is 2. The van der Waals surface area contributed by atoms with Crippen molar-refractivity contribution in [2.75, 3.05) is 4.90 Å². The fourth-order valence-corrected chi connectivity index (χ4v) is 2.45. The summed E-state index contributed by atoms with van der Waals surface area (Å²) in [5.41, 5.74) is 1.24. The Hall–Kier alpha value is -3.35. The van der Waals surface area contributed by atoms with E-state index < -0.39 is 29.6 Å². The molecular formula is C18H14FN3O3. The van der Waals surface area contributed by atoms with Crippen LogP contribution in [0.1, 0.15) is 5.56 Å². The maximum absolute atomic E-state index is 14.0. The molecule has 1 saturated heterocycles. The summed E-state index contributed by atoms with van der Waals surface area (Å²) in [6, 6.07) is 11.5. The van der Waals surface area contributed by atoms with Gasteiger partial charge in [0, 0.05) is 6.21 Å². The van der Waals surface area contributed by atoms with Crippen molar-refractivity contribution < 1.29 is 18.8 Å². The normalized spacial score (nSPS) is 17.9. The molecule has 1 aliphatic rings. The van der Waals surface area contributed by atoms with Gasteiger partial charge in [0.25, 0.3) is 5.91 Å². The molecule has 1 fully saturated rings. The molecule has 0 aromatic heterocycles. The molecule has 2 aromatic rings. The van der Waals surface area contributed by atoms with E-state index in [0.717, 1.165) is 11.6 Å². The van der Waals surface area contributed by atoms with Crippen LogP contribution < -0.4 is 10.2 Å². The van der Waals surface area contributed by atoms with Crippen LogP contribution in [0, 0.1) is 18.7 Å². The first-order valence-corrected chi connectivity index (χ1v) is 7.52. The summed E-state index contributed by atoms with van der Waals surface area (Å²) >= 11 is 0. The van der Waals surface area contributed by atoms with Crippen molar-refractivity contribution in [1.82, 2.24) is 5.32 Å². The molecule has 0 unspecified atom stereocenters. The number of nitrogens with one attached hydrogen (secondary N) is 1. The molecule has 1 N–H and O–H groups in total. The van der Waals surface area contributed by atoms with Gasteiger partial charge in [-0.05, 0) is 30.7 Å². The fraction of sp³-hybridized carbons (Fsp3) is 0.111. The number of hydrogen-bond donors (Lipinski definition) is 1. The molecule has 4 amide bonds. The Morgan fingerprint density at radius 2 is 1.76 bits per heavy atom. The minimum Gasteiger partial charge on any atom is -0.276 e. The zero-order valence-electron chi connectivity index (χ0n) is 13.3. The van der Waals surface area contributed by atoms with E-state index in [0.29, 0.717) is 10.6 Å². The van der Waals surface area contributed by atoms with Crippen molar-refractivity contribution in [2.24, 2.45) is 10.9 Å². The van der Waals surface area contributed by atoms with Gasteiger partial charge in [-0.2, -0.15) is 0 Å². The van der Waals surface area contributed by atoms with E-state index in [1.54, 1.807) is 12.1 Å². The quantitative estimate of drug-likeness (QED) is 0.690. The Bertz CT molecular complexity index is 895. The summed E-state index contributed by atoms with van der Waals surface area (Å²) in [5, 5.41) is 2.06. The summed E-state index contributed by atoms with van der Waals surface area (Å²) in [7, 11) is 0. The number of halogens is 1. The van der Waals surface area contributed by atoms with Crippen LogP contribution in [0.25, 0.3) is 0 Å². The molecule has 2 aromatic carbocycles. The molecule has 1 atom stereocenters. The predicted octanol–water partition coefficient (Wildman–Crippen LogP) is 2.74. The standard InChI is InChI=1S/C18H14FN3O3/c1-11-6-2-4-8-14(11)20-10-12-16(23)21-18(25)22(17(12)24)15-9-5-3-7-13(15)19/h2-10,12H,1H3,(H,21,23,25)/t12-/m0/s1. The van der Waals surface area contributed by atoms with Crippen LogP contribution in [-0.2, 0) is 9.59 Å². The minimum atomic E-state index is -1.32. The van der Waals surface area contributed by atoms with Crippen LogP contribution in [0.3, 0.4) is 0 Å². The second-order valence-corrected chi connectivity index (χ2v) is 5.46. The number of anilines is 1. The maximum Gasteiger partial charge on any atom is 0.335 e. The third-order valence-electron chi connectivity index (χ3n) is 3.77. The molecule has 3 rings (SSSR count). The fourth-order valence-electron chi connectivity index (χ4n) is 2.45. The number of carbonyl (C=O) groups excluding carboxylic acids is 3. The average Bonchev–Trinajstić information content (AvgIpc) is 2.57. The van der Waals surface area contributed by atoms with Crippen LogP contribution in [0.15, 0.2) is 53.5 Å². The molecule has 7 heteroatoms. The van der Waals surface area contributed by atoms with E-state index in [1.807, 2.05) is 19.1 Å². The zero-order valence-corrected chi connectivity index (χ0v) is 13.3. The summed E-state index contributed by atoms with van der Waals surface area (Å²) < 4.78 is 14.0. The molecular weight excluding hydrogens is 325 g/mol. The average molecular weight is 339 g/mol. The van der Waals surface area contributed by atoms with E-state index >= 15 is 0 Å². The smallest absolute Gasteiger partial charge is 0.276 e. The maximum atomic E-state index is 14.0. The number of aliphatic imine (C=N–C) groups is 1. The predicted molar refractivity (Wildman–Crippen MR) is 90.2 cm³/mol. The molecule has 6 nitrogen and oxygen atoms in total. The highest BCUT2D eigenvalue weighted by atomic mass is 19.1. The van der Waals surface area contributed by atoms with Crippen molar-refractivity contribution in [1.29, 1.82) is 0 Å². The summed E-state index contributed by atoms with van der Waals surface area (Å²) in [6.45, 7) is 1.84. The molecule has 1 aliphatic heterocycles. The van der Waals surface area contributed by atoms with Gasteiger partial charge in [-0.15, -0.1) is 0 Å². The lowest BCUT2D eigenvalue weighted by molar-refractivity contribution is -0.131. The number of barbiturate groups is 1. The zero-order chi connectivity index (χ0) is 18.0. The van der Waals surface area contributed by atoms with Crippen LogP contribution >= 0.6 is 0 Å². The van der Waals surface area contributed by atoms with Gasteiger partial charge in [0.1, 0.15) is 5.82 Å². The van der Waals surface area contributed by atoms with Gasteiger partial charge in [0.15, 0.2) is 5.92 Å². The number of aryl methyl sites for hydroxylation is 1. The highest BCUT2D eigenvalue weighted by Gasteiger charge is 2.41. The Balaban J connectivity index is 1.94. The van der Waals surface area contributed by atoms with Crippen molar-refractivity contribution in [3.8, 4) is 0 Å². The van der Waals surface area contributed by atoms with Crippen molar-refractivity contribution in [2.45, 2.75) is 6.92 Å². The molecule has 25 heavy (non-hydrogen) atoms. The molecule has 126 valence electrons. The van der Waals surface area contributed by atoms with Crippen LogP contribution in [0.4, 0.5) is 20.6 Å². The van der Waals surface area contributed by atoms with Crippen LogP contribution in [0.5, 0.6) is 0 Å². The summed E-state index contributed by atoms with van der Waals surface area (Å²) in [6.07, 6.45) is 1.17. The van der Waals surface area contributed by atoms with Gasteiger partial charge >= 0.3 is 6.03 Å². The van der Waals surface area contributed by atoms with Gasteiger partial charge < -0.3 is 0 Å². The number of rotatable bonds is 3. The van der Waals surface area contributed by atoms with E-state index in [-0.39, 0.29) is 5.69 Å². The molecule has 0 radical (unpaired) electrons. The summed E-state index contributed by atoms with van der Waals surface area (Å²) in [4.78, 5) is 41.4. The van der Waals surface area contributed by atoms with Crippen molar-refractivity contribution >= 4 is 35.4 Å². The van der Waals surface area contributed by atoms with E-state index in [9.17, 15) is 18.8 Å².